The Labute approximate surface area is 64.3 Å². The molecule has 0 rings (SSSR count). The molecule has 0 atom stereocenters. The van der Waals surface area contributed by atoms with Crippen molar-refractivity contribution in [2.45, 2.75) is 6.92 Å². The van der Waals surface area contributed by atoms with Crippen molar-refractivity contribution in [2.75, 3.05) is 19.9 Å². The predicted octanol–water partition coefficient (Wildman–Crippen LogP) is 0.00350. The van der Waals surface area contributed by atoms with E-state index < -0.39 is 6.09 Å². The first-order chi connectivity index (χ1) is 5.31. The fraction of sp³-hybridized carbons (Fsp3) is 0.800. The second-order valence-corrected chi connectivity index (χ2v) is 1.61. The maximum Gasteiger partial charge on any atom is 0.408 e. The third-order valence-corrected chi connectivity index (χ3v) is 0.810. The summed E-state index contributed by atoms with van der Waals surface area (Å²) in [7, 11) is 0. The van der Waals surface area contributed by atoms with Crippen molar-refractivity contribution in [3.63, 3.8) is 0 Å². The van der Waals surface area contributed by atoms with Gasteiger partial charge >= 0.3 is 6.09 Å². The molecule has 0 saturated carbocycles. The van der Waals surface area contributed by atoms with E-state index in [-0.39, 0.29) is 13.3 Å². The number of hydrogen-bond donors (Lipinski definition) is 2. The van der Waals surface area contributed by atoms with Crippen molar-refractivity contribution in [1.29, 1.82) is 0 Å². The monoisotopic (exact) mass is 161 g/mol. The zero-order valence-corrected chi connectivity index (χ0v) is 6.29. The topological polar surface area (TPSA) is 79.8 Å². The van der Waals surface area contributed by atoms with Crippen LogP contribution in [-0.4, -0.2) is 26.0 Å². The molecular weight excluding hydrogens is 150 g/mol. The number of nitrogens with one attached hydrogen (secondary N) is 2. The summed E-state index contributed by atoms with van der Waals surface area (Å²) in [4.78, 5) is 20.0. The Hall–Kier alpha value is -1.17. The number of rotatable bonds is 5. The van der Waals surface area contributed by atoms with Crippen molar-refractivity contribution in [3.05, 3.63) is 4.91 Å². The number of nitrogens with zero attached hydrogens (tertiary/aromatic N) is 1. The first kappa shape index (κ1) is 9.83. The highest BCUT2D eigenvalue weighted by Crippen LogP contribution is 1.73. The third-order valence-electron chi connectivity index (χ3n) is 0.810. The summed E-state index contributed by atoms with van der Waals surface area (Å²) < 4.78 is 4.52. The molecule has 6 heteroatoms. The van der Waals surface area contributed by atoms with Gasteiger partial charge in [-0.15, -0.1) is 4.91 Å². The first-order valence-electron chi connectivity index (χ1n) is 3.21. The van der Waals surface area contributed by atoms with Crippen molar-refractivity contribution >= 4 is 6.09 Å². The summed E-state index contributed by atoms with van der Waals surface area (Å²) >= 11 is 0. The molecule has 0 aromatic heterocycles. The molecule has 0 aromatic rings. The molecule has 0 fully saturated rings. The van der Waals surface area contributed by atoms with Crippen LogP contribution in [0.3, 0.4) is 0 Å². The Balaban J connectivity index is 3.10. The van der Waals surface area contributed by atoms with Crippen LogP contribution in [-0.2, 0) is 4.74 Å². The minimum Gasteiger partial charge on any atom is -0.450 e. The Morgan fingerprint density at radius 1 is 1.64 bits per heavy atom. The van der Waals surface area contributed by atoms with Crippen molar-refractivity contribution in [1.82, 2.24) is 10.6 Å². The van der Waals surface area contributed by atoms with Gasteiger partial charge in [0.15, 0.2) is 0 Å². The molecule has 0 heterocycles. The van der Waals surface area contributed by atoms with Gasteiger partial charge in [0.25, 0.3) is 0 Å². The molecule has 0 aliphatic rings. The van der Waals surface area contributed by atoms with Crippen LogP contribution in [0.2, 0.25) is 0 Å². The average molecular weight is 161 g/mol. The van der Waals surface area contributed by atoms with Gasteiger partial charge in [0.1, 0.15) is 6.67 Å². The largest absolute Gasteiger partial charge is 0.450 e. The van der Waals surface area contributed by atoms with Crippen LogP contribution in [0.1, 0.15) is 6.92 Å². The number of carbonyl (C=O) groups is 1. The zero-order chi connectivity index (χ0) is 8.53. The van der Waals surface area contributed by atoms with Crippen LogP contribution in [0.25, 0.3) is 0 Å². The summed E-state index contributed by atoms with van der Waals surface area (Å²) in [6.07, 6.45) is -0.508. The number of hydrogen-bond acceptors (Lipinski definition) is 5. The van der Waals surface area contributed by atoms with E-state index in [0.29, 0.717) is 6.61 Å². The predicted molar refractivity (Wildman–Crippen MR) is 38.8 cm³/mol. The molecule has 0 bridgehead atoms. The fourth-order valence-corrected chi connectivity index (χ4v) is 0.418. The molecule has 6 nitrogen and oxygen atoms in total. The first-order valence-corrected chi connectivity index (χ1v) is 3.21. The van der Waals surface area contributed by atoms with E-state index in [0.717, 1.165) is 0 Å². The van der Waals surface area contributed by atoms with Gasteiger partial charge < -0.3 is 10.1 Å². The zero-order valence-electron chi connectivity index (χ0n) is 6.29. The number of amides is 1. The molecule has 64 valence electrons. The molecule has 0 radical (unpaired) electrons. The molecule has 0 aromatic carbocycles. The Bertz CT molecular complexity index is 128. The Morgan fingerprint density at radius 2 is 2.36 bits per heavy atom. The highest BCUT2D eigenvalue weighted by atomic mass is 16.5. The average Bonchev–Trinajstić information content (AvgIpc) is 1.99. The quantitative estimate of drug-likeness (QED) is 0.338. The minimum absolute atomic E-state index is 0.0214. The number of ether oxygens (including phenoxy) is 1. The van der Waals surface area contributed by atoms with E-state index in [1.165, 1.54) is 0 Å². The van der Waals surface area contributed by atoms with Crippen LogP contribution in [0.15, 0.2) is 5.18 Å². The van der Waals surface area contributed by atoms with Gasteiger partial charge in [-0.25, -0.2) is 4.79 Å². The van der Waals surface area contributed by atoms with E-state index in [1.807, 2.05) is 0 Å². The normalized spacial score (nSPS) is 8.82. The van der Waals surface area contributed by atoms with Gasteiger partial charge in [-0.3, -0.25) is 5.32 Å². The van der Waals surface area contributed by atoms with E-state index >= 15 is 0 Å². The van der Waals surface area contributed by atoms with Gasteiger partial charge in [-0.05, 0) is 6.92 Å². The Kier molecular flexibility index (Phi) is 6.20. The van der Waals surface area contributed by atoms with Gasteiger partial charge in [-0.2, -0.15) is 0 Å². The van der Waals surface area contributed by atoms with Gasteiger partial charge in [-0.1, -0.05) is 5.18 Å². The van der Waals surface area contributed by atoms with Crippen molar-refractivity contribution in [2.24, 2.45) is 5.18 Å². The lowest BCUT2D eigenvalue weighted by atomic mass is 10.8. The van der Waals surface area contributed by atoms with Gasteiger partial charge in [0.05, 0.1) is 13.3 Å². The Morgan fingerprint density at radius 3 is 2.91 bits per heavy atom. The number of carbonyl (C=O) groups excluding carboxylic acids is 1. The molecule has 0 spiro atoms. The van der Waals surface area contributed by atoms with E-state index in [4.69, 9.17) is 0 Å². The molecule has 0 aliphatic heterocycles. The molecule has 2 N–H and O–H groups in total. The lowest BCUT2D eigenvalue weighted by Gasteiger charge is -2.03. The maximum absolute atomic E-state index is 10.5. The van der Waals surface area contributed by atoms with Crippen LogP contribution < -0.4 is 10.6 Å². The van der Waals surface area contributed by atoms with Crippen molar-refractivity contribution < 1.29 is 9.53 Å². The summed E-state index contributed by atoms with van der Waals surface area (Å²) in [5, 5.41) is 7.41. The van der Waals surface area contributed by atoms with E-state index in [2.05, 4.69) is 20.5 Å². The van der Waals surface area contributed by atoms with Crippen LogP contribution in [0.4, 0.5) is 4.79 Å². The molecular formula is C5H11N3O3. The number of alkyl carbamates (subject to hydrolysis) is 1. The summed E-state index contributed by atoms with van der Waals surface area (Å²) in [5.74, 6) is 0. The molecule has 1 amide bonds. The highest BCUT2D eigenvalue weighted by molar-refractivity contribution is 5.66. The number of nitroso groups, excluding NO2 is 1. The molecule has 0 saturated heterocycles. The maximum atomic E-state index is 10.5. The summed E-state index contributed by atoms with van der Waals surface area (Å²) in [5.41, 5.74) is 0. The standard InChI is InChI=1S/C5H11N3O3/c1-2-11-5(9)7-3-6-4-8-10/h6H,2-4H2,1H3,(H,7,9). The molecule has 0 aliphatic carbocycles. The smallest absolute Gasteiger partial charge is 0.408 e. The van der Waals surface area contributed by atoms with E-state index in [9.17, 15) is 9.70 Å². The summed E-state index contributed by atoms with van der Waals surface area (Å²) in [6, 6.07) is 0. The van der Waals surface area contributed by atoms with E-state index in [1.54, 1.807) is 6.92 Å². The lowest BCUT2D eigenvalue weighted by Crippen LogP contribution is -2.34. The van der Waals surface area contributed by atoms with Crippen LogP contribution >= 0.6 is 0 Å². The van der Waals surface area contributed by atoms with Crippen molar-refractivity contribution in [3.8, 4) is 0 Å². The molecule has 11 heavy (non-hydrogen) atoms. The second-order valence-electron chi connectivity index (χ2n) is 1.61. The fourth-order valence-electron chi connectivity index (χ4n) is 0.418. The molecule has 0 unspecified atom stereocenters. The van der Waals surface area contributed by atoms with Crippen LogP contribution in [0, 0.1) is 4.91 Å². The van der Waals surface area contributed by atoms with Gasteiger partial charge in [0, 0.05) is 0 Å². The third kappa shape index (κ3) is 6.72. The van der Waals surface area contributed by atoms with Gasteiger partial charge in [0.2, 0.25) is 0 Å². The van der Waals surface area contributed by atoms with Crippen LogP contribution in [0.5, 0.6) is 0 Å². The second kappa shape index (κ2) is 6.94. The highest BCUT2D eigenvalue weighted by Gasteiger charge is 1.95. The summed E-state index contributed by atoms with van der Waals surface area (Å²) in [6.45, 7) is 2.20. The minimum atomic E-state index is -0.508. The lowest BCUT2D eigenvalue weighted by molar-refractivity contribution is 0.151. The SMILES string of the molecule is CCOC(=O)NCNCN=O.